The number of hydrogen-bond acceptors (Lipinski definition) is 7. The maximum Gasteiger partial charge on any atom is 0.341 e. The van der Waals surface area contributed by atoms with E-state index in [0.717, 1.165) is 37.5 Å². The topological polar surface area (TPSA) is 110 Å². The molecule has 0 amide bonds. The van der Waals surface area contributed by atoms with Crippen molar-refractivity contribution in [3.63, 3.8) is 0 Å². The molecule has 0 unspecified atom stereocenters. The van der Waals surface area contributed by atoms with Gasteiger partial charge in [0.15, 0.2) is 5.78 Å². The third-order valence-corrected chi connectivity index (χ3v) is 4.04. The average molecular weight is 358 g/mol. The highest BCUT2D eigenvalue weighted by Gasteiger charge is 2.25. The summed E-state index contributed by atoms with van der Waals surface area (Å²) in [6, 6.07) is 5.16. The second-order valence-corrected chi connectivity index (χ2v) is 5.69. The molecule has 0 fully saturated rings. The third kappa shape index (κ3) is 3.37. The molecule has 0 spiro atoms. The standard InChI is InChI=1S/C19H18O7/c1-9-5-12(15(20)6-10(9)2)16(21)11-7-13(18(23)25-3)17(22)14(8-11)19(24)26-4/h5-8,20,22H,1-4H3. The molecule has 0 saturated carbocycles. The number of benzene rings is 2. The van der Waals surface area contributed by atoms with Crippen molar-refractivity contribution in [3.05, 3.63) is 57.6 Å². The molecule has 0 heterocycles. The fourth-order valence-electron chi connectivity index (χ4n) is 2.43. The minimum atomic E-state index is -0.924. The number of carbonyl (C=O) groups is 3. The van der Waals surface area contributed by atoms with Gasteiger partial charge in [0, 0.05) is 5.56 Å². The lowest BCUT2D eigenvalue weighted by molar-refractivity contribution is 0.0592. The summed E-state index contributed by atoms with van der Waals surface area (Å²) in [5.74, 6) is -3.35. The quantitative estimate of drug-likeness (QED) is 0.638. The van der Waals surface area contributed by atoms with E-state index in [0.29, 0.717) is 0 Å². The fraction of sp³-hybridized carbons (Fsp3) is 0.211. The second kappa shape index (κ2) is 7.26. The fourth-order valence-corrected chi connectivity index (χ4v) is 2.43. The first-order valence-electron chi connectivity index (χ1n) is 7.59. The van der Waals surface area contributed by atoms with Crippen molar-refractivity contribution in [3.8, 4) is 11.5 Å². The lowest BCUT2D eigenvalue weighted by Crippen LogP contribution is -2.12. The Labute approximate surface area is 149 Å². The first kappa shape index (κ1) is 19.0. The van der Waals surface area contributed by atoms with Crippen molar-refractivity contribution in [2.75, 3.05) is 14.2 Å². The Morgan fingerprint density at radius 2 is 1.23 bits per heavy atom. The van der Waals surface area contributed by atoms with Crippen LogP contribution >= 0.6 is 0 Å². The molecule has 2 aromatic rings. The summed E-state index contributed by atoms with van der Waals surface area (Å²) < 4.78 is 9.15. The number of aromatic hydroxyl groups is 2. The van der Waals surface area contributed by atoms with E-state index in [-0.39, 0.29) is 28.0 Å². The summed E-state index contributed by atoms with van der Waals surface area (Å²) in [6.45, 7) is 3.57. The Kier molecular flexibility index (Phi) is 5.30. The molecule has 0 bridgehead atoms. The number of ether oxygens (including phenoxy) is 2. The van der Waals surface area contributed by atoms with Crippen LogP contribution in [0, 0.1) is 13.8 Å². The van der Waals surface area contributed by atoms with Gasteiger partial charge in [-0.25, -0.2) is 9.59 Å². The lowest BCUT2D eigenvalue weighted by atomic mass is 9.95. The van der Waals surface area contributed by atoms with Crippen LogP contribution in [0.2, 0.25) is 0 Å². The molecule has 0 aliphatic rings. The molecule has 136 valence electrons. The zero-order chi connectivity index (χ0) is 19.6. The van der Waals surface area contributed by atoms with Crippen LogP contribution in [-0.2, 0) is 9.47 Å². The molecule has 0 atom stereocenters. The van der Waals surface area contributed by atoms with Crippen molar-refractivity contribution < 1.29 is 34.1 Å². The minimum Gasteiger partial charge on any atom is -0.507 e. The highest BCUT2D eigenvalue weighted by atomic mass is 16.5. The largest absolute Gasteiger partial charge is 0.507 e. The number of phenolic OH excluding ortho intramolecular Hbond substituents is 2. The normalized spacial score (nSPS) is 10.3. The van der Waals surface area contributed by atoms with Crippen molar-refractivity contribution in [1.82, 2.24) is 0 Å². The molecule has 0 aliphatic heterocycles. The van der Waals surface area contributed by atoms with E-state index in [4.69, 9.17) is 0 Å². The van der Waals surface area contributed by atoms with E-state index in [1.54, 1.807) is 13.8 Å². The Balaban J connectivity index is 2.69. The van der Waals surface area contributed by atoms with Gasteiger partial charge in [0.2, 0.25) is 0 Å². The highest BCUT2D eigenvalue weighted by molar-refractivity contribution is 6.13. The molecule has 0 radical (unpaired) electrons. The van der Waals surface area contributed by atoms with Crippen LogP contribution in [0.3, 0.4) is 0 Å². The van der Waals surface area contributed by atoms with Gasteiger partial charge in [-0.1, -0.05) is 0 Å². The first-order chi connectivity index (χ1) is 12.2. The molecule has 0 saturated heterocycles. The van der Waals surface area contributed by atoms with E-state index in [1.807, 2.05) is 0 Å². The van der Waals surface area contributed by atoms with Gasteiger partial charge in [-0.05, 0) is 49.2 Å². The van der Waals surface area contributed by atoms with Gasteiger partial charge in [-0.3, -0.25) is 4.79 Å². The van der Waals surface area contributed by atoms with E-state index < -0.39 is 23.5 Å². The molecular formula is C19H18O7. The Morgan fingerprint density at radius 1 is 0.769 bits per heavy atom. The molecule has 7 nitrogen and oxygen atoms in total. The maximum atomic E-state index is 12.8. The van der Waals surface area contributed by atoms with Crippen LogP contribution in [0.5, 0.6) is 11.5 Å². The number of rotatable bonds is 4. The first-order valence-corrected chi connectivity index (χ1v) is 7.59. The number of aryl methyl sites for hydroxylation is 2. The zero-order valence-corrected chi connectivity index (χ0v) is 14.7. The second-order valence-electron chi connectivity index (χ2n) is 5.69. The SMILES string of the molecule is COC(=O)c1cc(C(=O)c2cc(C)c(C)cc2O)cc(C(=O)OC)c1O. The van der Waals surface area contributed by atoms with Crippen LogP contribution < -0.4 is 0 Å². The van der Waals surface area contributed by atoms with Gasteiger partial charge in [0.1, 0.15) is 22.6 Å². The molecule has 7 heteroatoms. The van der Waals surface area contributed by atoms with Gasteiger partial charge < -0.3 is 19.7 Å². The van der Waals surface area contributed by atoms with Crippen LogP contribution in [0.25, 0.3) is 0 Å². The van der Waals surface area contributed by atoms with Crippen molar-refractivity contribution >= 4 is 17.7 Å². The van der Waals surface area contributed by atoms with Crippen LogP contribution in [0.4, 0.5) is 0 Å². The summed E-state index contributed by atoms with van der Waals surface area (Å²) >= 11 is 0. The molecular weight excluding hydrogens is 340 g/mol. The summed E-state index contributed by atoms with van der Waals surface area (Å²) in [7, 11) is 2.20. The monoisotopic (exact) mass is 358 g/mol. The van der Waals surface area contributed by atoms with Crippen LogP contribution in [0.15, 0.2) is 24.3 Å². The predicted octanol–water partition coefficient (Wildman–Crippen LogP) is 2.52. The Hall–Kier alpha value is -3.35. The molecule has 2 aromatic carbocycles. The van der Waals surface area contributed by atoms with Gasteiger partial charge in [-0.2, -0.15) is 0 Å². The van der Waals surface area contributed by atoms with E-state index in [1.165, 1.54) is 12.1 Å². The smallest absolute Gasteiger partial charge is 0.341 e. The minimum absolute atomic E-state index is 0.00502. The lowest BCUT2D eigenvalue weighted by Gasteiger charge is -2.12. The van der Waals surface area contributed by atoms with Gasteiger partial charge in [0.25, 0.3) is 0 Å². The summed E-state index contributed by atoms with van der Waals surface area (Å²) in [5.41, 5.74) is 0.790. The highest BCUT2D eigenvalue weighted by Crippen LogP contribution is 2.30. The number of phenols is 2. The molecule has 0 aromatic heterocycles. The van der Waals surface area contributed by atoms with Gasteiger partial charge in [0.05, 0.1) is 19.8 Å². The van der Waals surface area contributed by atoms with Crippen molar-refractivity contribution in [2.24, 2.45) is 0 Å². The summed E-state index contributed by atoms with van der Waals surface area (Å²) in [5, 5.41) is 20.2. The van der Waals surface area contributed by atoms with E-state index in [2.05, 4.69) is 9.47 Å². The number of methoxy groups -OCH3 is 2. The predicted molar refractivity (Wildman–Crippen MR) is 91.8 cm³/mol. The molecule has 2 rings (SSSR count). The number of carbonyl (C=O) groups excluding carboxylic acids is 3. The summed E-state index contributed by atoms with van der Waals surface area (Å²) in [4.78, 5) is 36.6. The van der Waals surface area contributed by atoms with Crippen LogP contribution in [-0.4, -0.2) is 42.2 Å². The molecule has 2 N–H and O–H groups in total. The number of hydrogen-bond donors (Lipinski definition) is 2. The van der Waals surface area contributed by atoms with Gasteiger partial charge >= 0.3 is 11.9 Å². The van der Waals surface area contributed by atoms with E-state index >= 15 is 0 Å². The number of ketones is 1. The molecule has 0 aliphatic carbocycles. The average Bonchev–Trinajstić information content (AvgIpc) is 2.63. The van der Waals surface area contributed by atoms with Crippen molar-refractivity contribution in [2.45, 2.75) is 13.8 Å². The Morgan fingerprint density at radius 3 is 1.69 bits per heavy atom. The van der Waals surface area contributed by atoms with Crippen LogP contribution in [0.1, 0.15) is 47.8 Å². The maximum absolute atomic E-state index is 12.8. The summed E-state index contributed by atoms with van der Waals surface area (Å²) in [6.07, 6.45) is 0. The molecule has 26 heavy (non-hydrogen) atoms. The Bertz CT molecular complexity index is 875. The zero-order valence-electron chi connectivity index (χ0n) is 14.7. The van der Waals surface area contributed by atoms with Gasteiger partial charge in [-0.15, -0.1) is 0 Å². The number of esters is 2. The third-order valence-electron chi connectivity index (χ3n) is 4.04. The van der Waals surface area contributed by atoms with Crippen molar-refractivity contribution in [1.29, 1.82) is 0 Å². The van der Waals surface area contributed by atoms with E-state index in [9.17, 15) is 24.6 Å².